The van der Waals surface area contributed by atoms with E-state index in [4.69, 9.17) is 10.3 Å². The third-order valence-corrected chi connectivity index (χ3v) is 0.651. The Bertz CT molecular complexity index is 85.4. The molecule has 0 aliphatic rings. The van der Waals surface area contributed by atoms with E-state index in [1.54, 1.807) is 5.48 Å². The Kier molecular flexibility index (Phi) is 3.42. The number of hydrogen-bond acceptors (Lipinski definition) is 3. The Hall–Kier alpha value is -0.390. The van der Waals surface area contributed by atoms with E-state index in [0.29, 0.717) is 0 Å². The van der Waals surface area contributed by atoms with Gasteiger partial charge in [0.1, 0.15) is 6.23 Å². The zero-order valence-corrected chi connectivity index (χ0v) is 5.20. The summed E-state index contributed by atoms with van der Waals surface area (Å²) in [6, 6.07) is 0. The van der Waals surface area contributed by atoms with Gasteiger partial charge in [-0.05, 0) is 19.1 Å². The number of nitrogens with one attached hydrogen (secondary N) is 2. The van der Waals surface area contributed by atoms with Crippen LogP contribution in [0.2, 0.25) is 0 Å². The van der Waals surface area contributed by atoms with Crippen molar-refractivity contribution in [1.82, 2.24) is 10.8 Å². The molecule has 0 aliphatic carbocycles. The van der Waals surface area contributed by atoms with Crippen molar-refractivity contribution in [2.75, 3.05) is 0 Å². The Morgan fingerprint density at radius 1 is 1.75 bits per heavy atom. The molecule has 0 heterocycles. The first-order valence-electron chi connectivity index (χ1n) is 2.05. The zero-order chi connectivity index (χ0) is 6.57. The lowest BCUT2D eigenvalue weighted by atomic mass is 10.7. The van der Waals surface area contributed by atoms with E-state index in [1.807, 2.05) is 0 Å². The number of hydroxylamine groups is 1. The third-order valence-electron chi connectivity index (χ3n) is 0.442. The first-order valence-corrected chi connectivity index (χ1v) is 2.46. The van der Waals surface area contributed by atoms with Crippen molar-refractivity contribution in [1.29, 1.82) is 0 Å². The van der Waals surface area contributed by atoms with Gasteiger partial charge in [-0.3, -0.25) is 5.21 Å². The monoisotopic (exact) mass is 136 g/mol. The molecule has 1 unspecified atom stereocenters. The average Bonchev–Trinajstić information content (AvgIpc) is 1.65. The van der Waals surface area contributed by atoms with E-state index in [2.05, 4.69) is 17.5 Å². The molecule has 48 valence electrons. The summed E-state index contributed by atoms with van der Waals surface area (Å²) < 4.78 is 0. The van der Waals surface area contributed by atoms with E-state index in [0.717, 1.165) is 0 Å². The maximum Gasteiger partial charge on any atom is 0.192 e. The molecule has 0 aromatic heterocycles. The fourth-order valence-electron chi connectivity index (χ4n) is 0.222. The number of aliphatic hydroxyl groups excluding tert-OH is 1. The minimum absolute atomic E-state index is 0.0139. The predicted molar refractivity (Wildman–Crippen MR) is 32.3 cm³/mol. The topological polar surface area (TPSA) is 64.5 Å². The van der Waals surface area contributed by atoms with Gasteiger partial charge in [0.2, 0.25) is 0 Å². The van der Waals surface area contributed by atoms with Gasteiger partial charge < -0.3 is 10.4 Å². The molecule has 0 aromatic carbocycles. The van der Waals surface area contributed by atoms with Crippen molar-refractivity contribution >= 4 is 17.3 Å². The molecule has 0 aliphatic heterocycles. The highest BCUT2D eigenvalue weighted by Gasteiger charge is 1.93. The number of thiocarbonyl (C=S) groups is 1. The highest BCUT2D eigenvalue weighted by Crippen LogP contribution is 1.69. The van der Waals surface area contributed by atoms with Crippen LogP contribution in [0.5, 0.6) is 0 Å². The fourth-order valence-corrected chi connectivity index (χ4v) is 0.393. The van der Waals surface area contributed by atoms with Gasteiger partial charge >= 0.3 is 0 Å². The van der Waals surface area contributed by atoms with Gasteiger partial charge in [0.05, 0.1) is 0 Å². The molecule has 0 bridgehead atoms. The normalized spacial score (nSPS) is 12.4. The van der Waals surface area contributed by atoms with E-state index in [9.17, 15) is 0 Å². The molecule has 0 aromatic rings. The van der Waals surface area contributed by atoms with Crippen molar-refractivity contribution in [3.05, 3.63) is 0 Å². The van der Waals surface area contributed by atoms with Gasteiger partial charge in [-0.1, -0.05) is 0 Å². The number of aliphatic hydroxyl groups is 1. The third kappa shape index (κ3) is 3.79. The summed E-state index contributed by atoms with van der Waals surface area (Å²) in [6.45, 7) is 1.49. The molecule has 0 radical (unpaired) electrons. The summed E-state index contributed by atoms with van der Waals surface area (Å²) >= 11 is 4.40. The minimum Gasteiger partial charge on any atom is -0.374 e. The second-order valence-corrected chi connectivity index (χ2v) is 1.67. The lowest BCUT2D eigenvalue weighted by molar-refractivity contribution is 0.168. The van der Waals surface area contributed by atoms with Gasteiger partial charge in [0.15, 0.2) is 5.11 Å². The Morgan fingerprint density at radius 3 is 2.38 bits per heavy atom. The van der Waals surface area contributed by atoms with Crippen molar-refractivity contribution in [3.63, 3.8) is 0 Å². The smallest absolute Gasteiger partial charge is 0.192 e. The van der Waals surface area contributed by atoms with Gasteiger partial charge in [0, 0.05) is 0 Å². The van der Waals surface area contributed by atoms with Gasteiger partial charge in [-0.15, -0.1) is 0 Å². The van der Waals surface area contributed by atoms with Crippen LogP contribution in [0.3, 0.4) is 0 Å². The lowest BCUT2D eigenvalue weighted by Gasteiger charge is -2.06. The molecule has 1 atom stereocenters. The maximum absolute atomic E-state index is 8.50. The molecule has 0 amide bonds. The summed E-state index contributed by atoms with van der Waals surface area (Å²) in [5.41, 5.74) is 1.66. The van der Waals surface area contributed by atoms with Crippen LogP contribution in [0.25, 0.3) is 0 Å². The van der Waals surface area contributed by atoms with E-state index in [1.165, 1.54) is 6.92 Å². The van der Waals surface area contributed by atoms with Gasteiger partial charge in [-0.25, -0.2) is 5.48 Å². The fraction of sp³-hybridized carbons (Fsp3) is 0.667. The molecule has 5 heteroatoms. The molecule has 4 N–H and O–H groups in total. The average molecular weight is 136 g/mol. The summed E-state index contributed by atoms with van der Waals surface area (Å²) in [7, 11) is 0. The van der Waals surface area contributed by atoms with E-state index in [-0.39, 0.29) is 5.11 Å². The van der Waals surface area contributed by atoms with Gasteiger partial charge in [0.25, 0.3) is 0 Å². The summed E-state index contributed by atoms with van der Waals surface area (Å²) in [6.07, 6.45) is -0.734. The van der Waals surface area contributed by atoms with E-state index < -0.39 is 6.23 Å². The standard InChI is InChI=1S/C3H8N2O2S/c1-2(6)4-3(8)5-7/h2,6-7H,1H3,(H2,4,5,8). The molecule has 8 heavy (non-hydrogen) atoms. The minimum atomic E-state index is -0.734. The van der Waals surface area contributed by atoms with Crippen LogP contribution in [-0.4, -0.2) is 21.7 Å². The molecule has 0 fully saturated rings. The predicted octanol–water partition coefficient (Wildman–Crippen LogP) is -0.822. The van der Waals surface area contributed by atoms with Crippen LogP contribution in [0.1, 0.15) is 6.92 Å². The largest absolute Gasteiger partial charge is 0.374 e. The molecule has 4 nitrogen and oxygen atoms in total. The molecule has 0 spiro atoms. The molecule has 0 saturated heterocycles. The Balaban J connectivity index is 3.25. The number of rotatable bonds is 1. The second-order valence-electron chi connectivity index (χ2n) is 1.26. The summed E-state index contributed by atoms with van der Waals surface area (Å²) in [4.78, 5) is 0. The van der Waals surface area contributed by atoms with Crippen LogP contribution in [-0.2, 0) is 0 Å². The molecule has 0 rings (SSSR count). The highest BCUT2D eigenvalue weighted by atomic mass is 32.1. The highest BCUT2D eigenvalue weighted by molar-refractivity contribution is 7.80. The first kappa shape index (κ1) is 7.61. The Morgan fingerprint density at radius 2 is 2.25 bits per heavy atom. The second kappa shape index (κ2) is 3.59. The zero-order valence-electron chi connectivity index (χ0n) is 4.38. The summed E-state index contributed by atoms with van der Waals surface area (Å²) in [5.74, 6) is 0. The van der Waals surface area contributed by atoms with Crippen LogP contribution in [0.15, 0.2) is 0 Å². The Labute approximate surface area is 52.5 Å². The van der Waals surface area contributed by atoms with Crippen LogP contribution in [0, 0.1) is 0 Å². The quantitative estimate of drug-likeness (QED) is 0.215. The SMILES string of the molecule is CC(O)NC(=S)NO. The maximum atomic E-state index is 8.50. The lowest BCUT2D eigenvalue weighted by Crippen LogP contribution is -2.38. The summed E-state index contributed by atoms with van der Waals surface area (Å²) in [5, 5.41) is 18.9. The van der Waals surface area contributed by atoms with Gasteiger partial charge in [-0.2, -0.15) is 0 Å². The van der Waals surface area contributed by atoms with E-state index >= 15 is 0 Å². The van der Waals surface area contributed by atoms with Crippen molar-refractivity contribution in [3.8, 4) is 0 Å². The number of hydrogen-bond donors (Lipinski definition) is 4. The van der Waals surface area contributed by atoms with Crippen molar-refractivity contribution in [2.45, 2.75) is 13.2 Å². The molecule has 0 saturated carbocycles. The van der Waals surface area contributed by atoms with Crippen LogP contribution >= 0.6 is 12.2 Å². The van der Waals surface area contributed by atoms with Crippen LogP contribution < -0.4 is 10.8 Å². The molecular formula is C3H8N2O2S. The van der Waals surface area contributed by atoms with Crippen molar-refractivity contribution in [2.24, 2.45) is 0 Å². The first-order chi connectivity index (χ1) is 3.66. The van der Waals surface area contributed by atoms with Crippen molar-refractivity contribution < 1.29 is 10.3 Å². The van der Waals surface area contributed by atoms with Crippen LogP contribution in [0.4, 0.5) is 0 Å². The molecular weight excluding hydrogens is 128 g/mol.